The van der Waals surface area contributed by atoms with Crippen LogP contribution in [0, 0.1) is 0 Å². The van der Waals surface area contributed by atoms with Gasteiger partial charge in [0.25, 0.3) is 0 Å². The lowest BCUT2D eigenvalue weighted by Gasteiger charge is -2.41. The summed E-state index contributed by atoms with van der Waals surface area (Å²) in [5.74, 6) is -0.104. The zero-order chi connectivity index (χ0) is 25.3. The van der Waals surface area contributed by atoms with E-state index in [1.54, 1.807) is 47.9 Å². The topological polar surface area (TPSA) is 93.2 Å². The smallest absolute Gasteiger partial charge is 0.414 e. The molecule has 35 heavy (non-hydrogen) atoms. The van der Waals surface area contributed by atoms with Gasteiger partial charge in [-0.1, -0.05) is 18.2 Å². The summed E-state index contributed by atoms with van der Waals surface area (Å²) >= 11 is 0. The number of fused-ring (bicyclic) bond motifs is 1. The third-order valence-corrected chi connectivity index (χ3v) is 8.72. The van der Waals surface area contributed by atoms with Crippen molar-refractivity contribution in [1.82, 2.24) is 0 Å². The van der Waals surface area contributed by atoms with Crippen molar-refractivity contribution in [2.75, 3.05) is 29.6 Å². The number of ether oxygens (including phenoxy) is 2. The molecule has 0 spiro atoms. The van der Waals surface area contributed by atoms with E-state index in [0.29, 0.717) is 44.0 Å². The first-order valence-corrected chi connectivity index (χ1v) is 13.5. The molecule has 1 saturated heterocycles. The van der Waals surface area contributed by atoms with Crippen LogP contribution in [-0.2, 0) is 24.1 Å². The summed E-state index contributed by atoms with van der Waals surface area (Å²) in [6.07, 6.45) is 0.684. The van der Waals surface area contributed by atoms with E-state index >= 15 is 0 Å². The first kappa shape index (κ1) is 25.2. The molecule has 2 aromatic rings. The fourth-order valence-corrected chi connectivity index (χ4v) is 5.63. The molecule has 1 unspecified atom stereocenters. The van der Waals surface area contributed by atoms with Crippen molar-refractivity contribution in [2.45, 2.75) is 62.8 Å². The molecule has 4 rings (SSSR count). The van der Waals surface area contributed by atoms with Gasteiger partial charge in [0.15, 0.2) is 9.84 Å². The summed E-state index contributed by atoms with van der Waals surface area (Å²) in [6, 6.07) is 12.1. The minimum absolute atomic E-state index is 0.104. The van der Waals surface area contributed by atoms with E-state index in [0.717, 1.165) is 11.1 Å². The highest BCUT2D eigenvalue weighted by molar-refractivity contribution is 7.92. The van der Waals surface area contributed by atoms with Crippen molar-refractivity contribution < 1.29 is 27.5 Å². The van der Waals surface area contributed by atoms with Crippen molar-refractivity contribution in [1.29, 1.82) is 0 Å². The summed E-state index contributed by atoms with van der Waals surface area (Å²) in [7, 11) is -3.37. The fourth-order valence-electron chi connectivity index (χ4n) is 4.57. The number of carbonyl (C=O) groups is 2. The number of hydrogen-bond acceptors (Lipinski definition) is 6. The van der Waals surface area contributed by atoms with Gasteiger partial charge in [-0.05, 0) is 56.2 Å². The highest BCUT2D eigenvalue weighted by Gasteiger charge is 2.35. The van der Waals surface area contributed by atoms with Crippen LogP contribution >= 0.6 is 0 Å². The highest BCUT2D eigenvalue weighted by Crippen LogP contribution is 2.39. The van der Waals surface area contributed by atoms with Crippen LogP contribution in [0.15, 0.2) is 47.4 Å². The van der Waals surface area contributed by atoms with Gasteiger partial charge in [-0.3, -0.25) is 9.69 Å². The lowest BCUT2D eigenvalue weighted by molar-refractivity contribution is -0.117. The molecule has 8 nitrogen and oxygen atoms in total. The summed E-state index contributed by atoms with van der Waals surface area (Å²) < 4.78 is 36.1. The summed E-state index contributed by atoms with van der Waals surface area (Å²) in [5, 5.41) is -0.507. The fraction of sp³-hybridized carbons (Fsp3) is 0.462. The van der Waals surface area contributed by atoms with Crippen LogP contribution in [0.2, 0.25) is 0 Å². The summed E-state index contributed by atoms with van der Waals surface area (Å²) in [5.41, 5.74) is 2.84. The van der Waals surface area contributed by atoms with E-state index in [9.17, 15) is 18.0 Å². The second-order valence-corrected chi connectivity index (χ2v) is 11.9. The van der Waals surface area contributed by atoms with Gasteiger partial charge in [0.1, 0.15) is 6.10 Å². The zero-order valence-electron chi connectivity index (χ0n) is 20.6. The quantitative estimate of drug-likeness (QED) is 0.617. The van der Waals surface area contributed by atoms with Crippen molar-refractivity contribution in [3.05, 3.63) is 42.5 Å². The van der Waals surface area contributed by atoms with Crippen molar-refractivity contribution in [2.24, 2.45) is 0 Å². The lowest BCUT2D eigenvalue weighted by atomic mass is 10.0. The Bertz CT molecular complexity index is 1200. The Kier molecular flexibility index (Phi) is 7.19. The highest BCUT2D eigenvalue weighted by atomic mass is 32.2. The second-order valence-electron chi connectivity index (χ2n) is 9.37. The molecule has 2 amide bonds. The van der Waals surface area contributed by atoms with Gasteiger partial charge in [-0.15, -0.1) is 0 Å². The van der Waals surface area contributed by atoms with E-state index in [1.165, 1.54) is 6.92 Å². The molecule has 0 saturated carbocycles. The van der Waals surface area contributed by atoms with E-state index < -0.39 is 21.2 Å². The molecule has 2 aliphatic rings. The predicted octanol–water partition coefficient (Wildman–Crippen LogP) is 4.41. The van der Waals surface area contributed by atoms with Crippen LogP contribution in [-0.4, -0.2) is 57.6 Å². The maximum atomic E-state index is 13.2. The minimum atomic E-state index is -3.37. The van der Waals surface area contributed by atoms with E-state index in [2.05, 4.69) is 0 Å². The van der Waals surface area contributed by atoms with Gasteiger partial charge in [-0.25, -0.2) is 13.2 Å². The molecule has 188 valence electrons. The van der Waals surface area contributed by atoms with Crippen molar-refractivity contribution >= 4 is 33.2 Å². The zero-order valence-corrected chi connectivity index (χ0v) is 21.4. The first-order valence-electron chi connectivity index (χ1n) is 11.9. The Morgan fingerprint density at radius 3 is 2.23 bits per heavy atom. The van der Waals surface area contributed by atoms with Gasteiger partial charge in [-0.2, -0.15) is 0 Å². The molecular weight excluding hydrogens is 468 g/mol. The molecule has 9 heteroatoms. The Morgan fingerprint density at radius 2 is 1.63 bits per heavy atom. The Hall–Kier alpha value is -2.91. The number of hydrogen-bond donors (Lipinski definition) is 0. The molecule has 0 aromatic heterocycles. The molecule has 0 bridgehead atoms. The number of benzene rings is 2. The van der Waals surface area contributed by atoms with Crippen molar-refractivity contribution in [3.8, 4) is 11.1 Å². The number of anilines is 2. The summed E-state index contributed by atoms with van der Waals surface area (Å²) in [4.78, 5) is 29.2. The molecule has 0 radical (unpaired) electrons. The average molecular weight is 501 g/mol. The van der Waals surface area contributed by atoms with E-state index in [-0.39, 0.29) is 22.9 Å². The third kappa shape index (κ3) is 5.06. The van der Waals surface area contributed by atoms with Gasteiger partial charge >= 0.3 is 6.09 Å². The predicted molar refractivity (Wildman–Crippen MR) is 134 cm³/mol. The van der Waals surface area contributed by atoms with Crippen LogP contribution in [0.25, 0.3) is 11.1 Å². The molecule has 1 fully saturated rings. The molecule has 1 atom stereocenters. The monoisotopic (exact) mass is 500 g/mol. The molecule has 2 aliphatic heterocycles. The second kappa shape index (κ2) is 9.99. The van der Waals surface area contributed by atoms with Crippen molar-refractivity contribution in [3.63, 3.8) is 0 Å². The minimum Gasteiger partial charge on any atom is -0.446 e. The SMILES string of the molecule is CC(=O)N1c2ccc(-c3ccc(S(=O)(=O)C(C)C)cc3)cc2N(C(=O)OC2CCOCC2)CC1C. The van der Waals surface area contributed by atoms with Crippen LogP contribution < -0.4 is 9.80 Å². The van der Waals surface area contributed by atoms with Gasteiger partial charge < -0.3 is 14.4 Å². The standard InChI is InChI=1S/C26H32N2O6S/c1-17(2)35(31,32)23-8-5-20(6-9-23)21-7-10-24-25(15-21)27(16-18(3)28(24)19(4)29)26(30)34-22-11-13-33-14-12-22/h5-10,15,17-18,22H,11-14,16H2,1-4H3. The molecule has 2 aromatic carbocycles. The Morgan fingerprint density at radius 1 is 1.00 bits per heavy atom. The largest absolute Gasteiger partial charge is 0.446 e. The maximum absolute atomic E-state index is 13.2. The van der Waals surface area contributed by atoms with Gasteiger partial charge in [0.2, 0.25) is 5.91 Å². The van der Waals surface area contributed by atoms with E-state index in [4.69, 9.17) is 9.47 Å². The molecular formula is C26H32N2O6S. The van der Waals surface area contributed by atoms with Crippen LogP contribution in [0.4, 0.5) is 16.2 Å². The van der Waals surface area contributed by atoms with Gasteiger partial charge in [0.05, 0.1) is 40.8 Å². The third-order valence-electron chi connectivity index (χ3n) is 6.55. The first-order chi connectivity index (χ1) is 16.6. The van der Waals surface area contributed by atoms with Crippen LogP contribution in [0.3, 0.4) is 0 Å². The Labute approximate surface area is 206 Å². The maximum Gasteiger partial charge on any atom is 0.414 e. The van der Waals surface area contributed by atoms with Gasteiger partial charge in [0, 0.05) is 26.3 Å². The lowest BCUT2D eigenvalue weighted by Crippen LogP contribution is -2.52. The number of sulfone groups is 1. The summed E-state index contributed by atoms with van der Waals surface area (Å²) in [6.45, 7) is 8.17. The number of carbonyl (C=O) groups excluding carboxylic acids is 2. The normalized spacial score (nSPS) is 18.9. The Balaban J connectivity index is 1.69. The average Bonchev–Trinajstić information content (AvgIpc) is 2.83. The molecule has 0 aliphatic carbocycles. The number of amides is 2. The van der Waals surface area contributed by atoms with Crippen LogP contribution in [0.5, 0.6) is 0 Å². The number of nitrogens with zero attached hydrogens (tertiary/aromatic N) is 2. The van der Waals surface area contributed by atoms with Crippen LogP contribution in [0.1, 0.15) is 40.5 Å². The number of rotatable bonds is 4. The molecule has 2 heterocycles. The van der Waals surface area contributed by atoms with E-state index in [1.807, 2.05) is 25.1 Å². The molecule has 0 N–H and O–H groups in total.